The Morgan fingerprint density at radius 3 is 2.67 bits per heavy atom. The Labute approximate surface area is 106 Å². The van der Waals surface area contributed by atoms with Crippen molar-refractivity contribution < 1.29 is 14.0 Å². The normalized spacial score (nSPS) is 10.3. The Kier molecular flexibility index (Phi) is 4.83. The van der Waals surface area contributed by atoms with E-state index in [0.29, 0.717) is 12.0 Å². The molecular formula is C13H17FN2O2. The largest absolute Gasteiger partial charge is 0.365 e. The van der Waals surface area contributed by atoms with Crippen molar-refractivity contribution in [2.24, 2.45) is 0 Å². The Hall–Kier alpha value is -1.91. The number of carbonyl (C=O) groups is 2. The number of halogens is 1. The first-order valence-electron chi connectivity index (χ1n) is 5.68. The lowest BCUT2D eigenvalue weighted by molar-refractivity contribution is -0.120. The molecule has 0 aliphatic carbocycles. The van der Waals surface area contributed by atoms with Crippen LogP contribution in [0.25, 0.3) is 0 Å². The van der Waals surface area contributed by atoms with Gasteiger partial charge in [0.2, 0.25) is 5.91 Å². The highest BCUT2D eigenvalue weighted by molar-refractivity contribution is 5.82. The summed E-state index contributed by atoms with van der Waals surface area (Å²) in [5, 5.41) is 2.74. The van der Waals surface area contributed by atoms with Crippen LogP contribution in [0.15, 0.2) is 18.2 Å². The first-order chi connectivity index (χ1) is 8.42. The molecule has 1 amide bonds. The molecule has 1 N–H and O–H groups in total. The molecule has 5 heteroatoms. The minimum Gasteiger partial charge on any atom is -0.365 e. The van der Waals surface area contributed by atoms with Crippen molar-refractivity contribution in [1.29, 1.82) is 0 Å². The van der Waals surface area contributed by atoms with E-state index in [1.807, 2.05) is 13.8 Å². The van der Waals surface area contributed by atoms with E-state index in [1.165, 1.54) is 6.07 Å². The average molecular weight is 252 g/mol. The summed E-state index contributed by atoms with van der Waals surface area (Å²) in [6.07, 6.45) is 0.578. The molecule has 0 saturated heterocycles. The second kappa shape index (κ2) is 6.14. The van der Waals surface area contributed by atoms with Crippen molar-refractivity contribution in [2.75, 3.05) is 18.5 Å². The summed E-state index contributed by atoms with van der Waals surface area (Å²) < 4.78 is 13.2. The van der Waals surface area contributed by atoms with Gasteiger partial charge in [-0.3, -0.25) is 9.59 Å². The van der Waals surface area contributed by atoms with Crippen LogP contribution in [0.2, 0.25) is 0 Å². The maximum atomic E-state index is 13.2. The highest BCUT2D eigenvalue weighted by atomic mass is 19.1. The smallest absolute Gasteiger partial charge is 0.239 e. The molecule has 0 aliphatic rings. The molecule has 0 heterocycles. The van der Waals surface area contributed by atoms with Gasteiger partial charge in [0.15, 0.2) is 0 Å². The fraction of sp³-hybridized carbons (Fsp3) is 0.385. The molecule has 18 heavy (non-hydrogen) atoms. The van der Waals surface area contributed by atoms with E-state index in [-0.39, 0.29) is 24.1 Å². The Bertz CT molecular complexity index is 447. The first kappa shape index (κ1) is 14.2. The Morgan fingerprint density at radius 2 is 2.11 bits per heavy atom. The summed E-state index contributed by atoms with van der Waals surface area (Å²) >= 11 is 0. The zero-order valence-corrected chi connectivity index (χ0v) is 10.7. The third-order valence-electron chi connectivity index (χ3n) is 2.31. The van der Waals surface area contributed by atoms with Crippen molar-refractivity contribution in [3.63, 3.8) is 0 Å². The van der Waals surface area contributed by atoms with Crippen LogP contribution in [0.4, 0.5) is 10.1 Å². The predicted molar refractivity (Wildman–Crippen MR) is 68.3 cm³/mol. The maximum Gasteiger partial charge on any atom is 0.239 e. The highest BCUT2D eigenvalue weighted by Crippen LogP contribution is 2.16. The molecule has 0 aliphatic heterocycles. The molecule has 0 atom stereocenters. The summed E-state index contributed by atoms with van der Waals surface area (Å²) in [6.45, 7) is 3.84. The highest BCUT2D eigenvalue weighted by Gasteiger charge is 2.10. The van der Waals surface area contributed by atoms with Gasteiger partial charge in [0, 0.05) is 24.3 Å². The van der Waals surface area contributed by atoms with Gasteiger partial charge >= 0.3 is 0 Å². The van der Waals surface area contributed by atoms with Crippen LogP contribution in [0.3, 0.4) is 0 Å². The number of anilines is 1. The number of hydrogen-bond donors (Lipinski definition) is 1. The molecular weight excluding hydrogens is 235 g/mol. The fourth-order valence-electron chi connectivity index (χ4n) is 1.56. The summed E-state index contributed by atoms with van der Waals surface area (Å²) in [7, 11) is 1.67. The van der Waals surface area contributed by atoms with E-state index in [4.69, 9.17) is 0 Å². The standard InChI is InChI=1S/C13H17FN2O2/c1-9(2)15-13(18)7-16(3)12-5-10(8-17)4-11(14)6-12/h4-6,8-9H,7H2,1-3H3,(H,15,18). The number of nitrogens with one attached hydrogen (secondary N) is 1. The second-order valence-electron chi connectivity index (χ2n) is 4.44. The van der Waals surface area contributed by atoms with E-state index in [0.717, 1.165) is 6.07 Å². The molecule has 98 valence electrons. The van der Waals surface area contributed by atoms with Crippen molar-refractivity contribution in [3.8, 4) is 0 Å². The van der Waals surface area contributed by atoms with Gasteiger partial charge in [-0.1, -0.05) is 0 Å². The number of aldehydes is 1. The van der Waals surface area contributed by atoms with Gasteiger partial charge in [0.05, 0.1) is 6.54 Å². The molecule has 1 aromatic rings. The summed E-state index contributed by atoms with van der Waals surface area (Å²) in [5.41, 5.74) is 0.747. The molecule has 4 nitrogen and oxygen atoms in total. The van der Waals surface area contributed by atoms with Crippen LogP contribution in [0.1, 0.15) is 24.2 Å². The minimum absolute atomic E-state index is 0.0592. The molecule has 0 fully saturated rings. The van der Waals surface area contributed by atoms with E-state index in [9.17, 15) is 14.0 Å². The van der Waals surface area contributed by atoms with Gasteiger partial charge in [0.1, 0.15) is 12.1 Å². The topological polar surface area (TPSA) is 49.4 Å². The maximum absolute atomic E-state index is 13.2. The monoisotopic (exact) mass is 252 g/mol. The van der Waals surface area contributed by atoms with Gasteiger partial charge in [-0.25, -0.2) is 4.39 Å². The molecule has 1 aromatic carbocycles. The Morgan fingerprint density at radius 1 is 1.44 bits per heavy atom. The number of nitrogens with zero attached hydrogens (tertiary/aromatic N) is 1. The number of carbonyl (C=O) groups excluding carboxylic acids is 2. The van der Waals surface area contributed by atoms with Gasteiger partial charge in [-0.05, 0) is 32.0 Å². The zero-order valence-electron chi connectivity index (χ0n) is 10.7. The lowest BCUT2D eigenvalue weighted by Gasteiger charge is -2.20. The van der Waals surface area contributed by atoms with Crippen LogP contribution < -0.4 is 10.2 Å². The minimum atomic E-state index is -0.495. The molecule has 1 rings (SSSR count). The van der Waals surface area contributed by atoms with Gasteiger partial charge in [-0.2, -0.15) is 0 Å². The van der Waals surface area contributed by atoms with Crippen molar-refractivity contribution in [3.05, 3.63) is 29.6 Å². The fourth-order valence-corrected chi connectivity index (χ4v) is 1.56. The molecule has 0 spiro atoms. The number of rotatable bonds is 5. The van der Waals surface area contributed by atoms with Crippen LogP contribution in [-0.4, -0.2) is 31.8 Å². The average Bonchev–Trinajstić information content (AvgIpc) is 2.26. The lowest BCUT2D eigenvalue weighted by atomic mass is 10.2. The first-order valence-corrected chi connectivity index (χ1v) is 5.68. The molecule has 0 bridgehead atoms. The van der Waals surface area contributed by atoms with Crippen LogP contribution in [0.5, 0.6) is 0 Å². The van der Waals surface area contributed by atoms with Crippen molar-refractivity contribution in [1.82, 2.24) is 5.32 Å². The molecule has 0 saturated carbocycles. The summed E-state index contributed by atoms with van der Waals surface area (Å²) in [4.78, 5) is 23.8. The molecule has 0 unspecified atom stereocenters. The van der Waals surface area contributed by atoms with E-state index >= 15 is 0 Å². The van der Waals surface area contributed by atoms with Gasteiger partial charge in [0.25, 0.3) is 0 Å². The number of amides is 1. The van der Waals surface area contributed by atoms with Crippen LogP contribution in [-0.2, 0) is 4.79 Å². The zero-order chi connectivity index (χ0) is 13.7. The SMILES string of the molecule is CC(C)NC(=O)CN(C)c1cc(F)cc(C=O)c1. The van der Waals surface area contributed by atoms with Crippen LogP contribution in [0, 0.1) is 5.82 Å². The predicted octanol–water partition coefficient (Wildman–Crippen LogP) is 1.60. The number of hydrogen-bond acceptors (Lipinski definition) is 3. The van der Waals surface area contributed by atoms with Crippen molar-refractivity contribution >= 4 is 17.9 Å². The second-order valence-corrected chi connectivity index (χ2v) is 4.44. The van der Waals surface area contributed by atoms with E-state index < -0.39 is 5.82 Å². The summed E-state index contributed by atoms with van der Waals surface area (Å²) in [5.74, 6) is -0.643. The lowest BCUT2D eigenvalue weighted by Crippen LogP contribution is -2.38. The van der Waals surface area contributed by atoms with Gasteiger partial charge < -0.3 is 10.2 Å². The number of benzene rings is 1. The quantitative estimate of drug-likeness (QED) is 0.810. The van der Waals surface area contributed by atoms with E-state index in [1.54, 1.807) is 18.0 Å². The Balaban J connectivity index is 2.77. The van der Waals surface area contributed by atoms with E-state index in [2.05, 4.69) is 5.32 Å². The molecule has 0 radical (unpaired) electrons. The van der Waals surface area contributed by atoms with Crippen molar-refractivity contribution in [2.45, 2.75) is 19.9 Å². The third kappa shape index (κ3) is 4.16. The molecule has 0 aromatic heterocycles. The van der Waals surface area contributed by atoms with Gasteiger partial charge in [-0.15, -0.1) is 0 Å². The third-order valence-corrected chi connectivity index (χ3v) is 2.31. The number of likely N-dealkylation sites (N-methyl/N-ethyl adjacent to an activating group) is 1. The van der Waals surface area contributed by atoms with Crippen LogP contribution >= 0.6 is 0 Å². The summed E-state index contributed by atoms with van der Waals surface area (Å²) in [6, 6.07) is 4.04.